The van der Waals surface area contributed by atoms with Crippen LogP contribution < -0.4 is 15.0 Å². The number of pyridine rings is 2. The molecule has 0 aliphatic heterocycles. The zero-order valence-electron chi connectivity index (χ0n) is 19.0. The fourth-order valence-electron chi connectivity index (χ4n) is 3.73. The summed E-state index contributed by atoms with van der Waals surface area (Å²) < 4.78 is 11.1. The number of rotatable bonds is 9. The molecule has 1 amide bonds. The van der Waals surface area contributed by atoms with Crippen molar-refractivity contribution in [3.05, 3.63) is 72.6 Å². The number of aliphatic hydroxyl groups is 2. The van der Waals surface area contributed by atoms with E-state index in [0.717, 1.165) is 16.7 Å². The van der Waals surface area contributed by atoms with Gasteiger partial charge in [0.05, 0.1) is 37.5 Å². The number of carbonyl (C=O) groups is 1. The van der Waals surface area contributed by atoms with Crippen LogP contribution in [-0.4, -0.2) is 57.7 Å². The highest BCUT2D eigenvalue weighted by molar-refractivity contribution is 6.09. The Labute approximate surface area is 201 Å². The first kappa shape index (κ1) is 24.1. The number of ether oxygens (including phenoxy) is 2. The Morgan fingerprint density at radius 1 is 1.03 bits per heavy atom. The number of amides is 1. The first-order chi connectivity index (χ1) is 17.0. The minimum absolute atomic E-state index is 0.147. The second-order valence-electron chi connectivity index (χ2n) is 7.78. The topological polar surface area (TPSA) is 134 Å². The Bertz CT molecular complexity index is 1310. The van der Waals surface area contributed by atoms with E-state index >= 15 is 0 Å². The number of hydrogen-bond donors (Lipinski definition) is 4. The lowest BCUT2D eigenvalue weighted by Gasteiger charge is -2.15. The fourth-order valence-corrected chi connectivity index (χ4v) is 3.73. The van der Waals surface area contributed by atoms with Gasteiger partial charge >= 0.3 is 0 Å². The SMILES string of the molecule is COc1c(-c2ccc(-c3ccc(OCCC(O)CO)cc3)cc2)nc2ccncc2c1C(=O)NO. The fraction of sp³-hybridized carbons (Fsp3) is 0.192. The van der Waals surface area contributed by atoms with Crippen LogP contribution in [0.4, 0.5) is 0 Å². The summed E-state index contributed by atoms with van der Waals surface area (Å²) in [6.45, 7) is 0.0226. The lowest BCUT2D eigenvalue weighted by Crippen LogP contribution is -2.20. The number of aromatic nitrogens is 2. The molecule has 4 aromatic rings. The number of benzene rings is 2. The number of nitrogens with one attached hydrogen (secondary N) is 1. The van der Waals surface area contributed by atoms with Crippen LogP contribution in [-0.2, 0) is 0 Å². The normalized spacial score (nSPS) is 11.8. The van der Waals surface area contributed by atoms with Gasteiger partial charge in [0.15, 0.2) is 5.75 Å². The van der Waals surface area contributed by atoms with Gasteiger partial charge in [-0.2, -0.15) is 0 Å². The average molecular weight is 476 g/mol. The monoisotopic (exact) mass is 475 g/mol. The van der Waals surface area contributed by atoms with Gasteiger partial charge in [-0.25, -0.2) is 10.5 Å². The smallest absolute Gasteiger partial charge is 0.279 e. The van der Waals surface area contributed by atoms with Gasteiger partial charge in [-0.1, -0.05) is 36.4 Å². The molecule has 0 fully saturated rings. The molecule has 2 aromatic heterocycles. The molecule has 4 N–H and O–H groups in total. The molecule has 1 atom stereocenters. The van der Waals surface area contributed by atoms with Crippen molar-refractivity contribution in [1.82, 2.24) is 15.4 Å². The molecule has 1 unspecified atom stereocenters. The van der Waals surface area contributed by atoms with E-state index in [0.29, 0.717) is 35.4 Å². The maximum Gasteiger partial charge on any atom is 0.279 e. The number of fused-ring (bicyclic) bond motifs is 1. The molecule has 9 heteroatoms. The summed E-state index contributed by atoms with van der Waals surface area (Å²) in [7, 11) is 1.44. The highest BCUT2D eigenvalue weighted by Gasteiger charge is 2.22. The minimum Gasteiger partial charge on any atom is -0.494 e. The highest BCUT2D eigenvalue weighted by atomic mass is 16.5. The molecule has 0 spiro atoms. The van der Waals surface area contributed by atoms with Crippen molar-refractivity contribution in [1.29, 1.82) is 0 Å². The number of hydrogen-bond acceptors (Lipinski definition) is 8. The van der Waals surface area contributed by atoms with E-state index in [1.807, 2.05) is 48.5 Å². The van der Waals surface area contributed by atoms with Crippen LogP contribution in [0.15, 0.2) is 67.0 Å². The van der Waals surface area contributed by atoms with Gasteiger partial charge in [0, 0.05) is 29.8 Å². The number of carbonyl (C=O) groups excluding carboxylic acids is 1. The van der Waals surface area contributed by atoms with Crippen LogP contribution >= 0.6 is 0 Å². The summed E-state index contributed by atoms with van der Waals surface area (Å²) in [5.41, 5.74) is 5.50. The quantitative estimate of drug-likeness (QED) is 0.214. The highest BCUT2D eigenvalue weighted by Crippen LogP contribution is 2.36. The Kier molecular flexibility index (Phi) is 7.51. The Hall–Kier alpha value is -4.05. The van der Waals surface area contributed by atoms with Gasteiger partial charge in [-0.05, 0) is 29.3 Å². The third-order valence-corrected chi connectivity index (χ3v) is 5.55. The maximum absolute atomic E-state index is 12.4. The largest absolute Gasteiger partial charge is 0.494 e. The van der Waals surface area contributed by atoms with E-state index in [2.05, 4.69) is 9.97 Å². The Morgan fingerprint density at radius 3 is 2.31 bits per heavy atom. The minimum atomic E-state index is -0.783. The first-order valence-electron chi connectivity index (χ1n) is 10.9. The van der Waals surface area contributed by atoms with Crippen LogP contribution in [0, 0.1) is 0 Å². The lowest BCUT2D eigenvalue weighted by atomic mass is 10.00. The van der Waals surface area contributed by atoms with Gasteiger partial charge in [0.1, 0.15) is 11.4 Å². The van der Waals surface area contributed by atoms with Crippen LogP contribution in [0.5, 0.6) is 11.5 Å². The third-order valence-electron chi connectivity index (χ3n) is 5.55. The number of methoxy groups -OCH3 is 1. The molecule has 180 valence electrons. The van der Waals surface area contributed by atoms with Crippen molar-refractivity contribution in [2.75, 3.05) is 20.3 Å². The van der Waals surface area contributed by atoms with Crippen LogP contribution in [0.2, 0.25) is 0 Å². The summed E-state index contributed by atoms with van der Waals surface area (Å²) in [5, 5.41) is 28.0. The molecular weight excluding hydrogens is 450 g/mol. The van der Waals surface area contributed by atoms with Crippen molar-refractivity contribution in [3.63, 3.8) is 0 Å². The Morgan fingerprint density at radius 2 is 1.69 bits per heavy atom. The van der Waals surface area contributed by atoms with E-state index in [9.17, 15) is 15.1 Å². The number of nitrogens with zero attached hydrogens (tertiary/aromatic N) is 2. The molecule has 0 aliphatic rings. The summed E-state index contributed by atoms with van der Waals surface area (Å²) >= 11 is 0. The molecule has 35 heavy (non-hydrogen) atoms. The van der Waals surface area contributed by atoms with E-state index in [4.69, 9.17) is 14.6 Å². The molecule has 0 aliphatic carbocycles. The third kappa shape index (κ3) is 5.22. The van der Waals surface area contributed by atoms with Gasteiger partial charge in [0.25, 0.3) is 5.91 Å². The summed E-state index contributed by atoms with van der Waals surface area (Å²) in [6.07, 6.45) is 2.65. The zero-order valence-corrected chi connectivity index (χ0v) is 19.0. The molecule has 2 heterocycles. The Balaban J connectivity index is 1.62. The van der Waals surface area contributed by atoms with E-state index in [1.165, 1.54) is 13.3 Å². The number of aliphatic hydroxyl groups excluding tert-OH is 2. The van der Waals surface area contributed by atoms with E-state index < -0.39 is 12.0 Å². The molecule has 2 aromatic carbocycles. The number of hydroxylamine groups is 1. The summed E-state index contributed by atoms with van der Waals surface area (Å²) in [4.78, 5) is 21.2. The van der Waals surface area contributed by atoms with Crippen molar-refractivity contribution in [2.45, 2.75) is 12.5 Å². The standard InChI is InChI=1S/C26H25N3O6/c1-34-25-23(26(32)29-33)21-14-27-12-10-22(21)28-24(25)18-4-2-16(3-5-18)17-6-8-20(9-7-17)35-13-11-19(31)15-30/h2-10,12,14,19,30-31,33H,11,13,15H2,1H3,(H,29,32). The lowest BCUT2D eigenvalue weighted by molar-refractivity contribution is 0.0705. The molecule has 4 rings (SSSR count). The van der Waals surface area contributed by atoms with Crippen molar-refractivity contribution in [2.24, 2.45) is 0 Å². The molecule has 9 nitrogen and oxygen atoms in total. The second kappa shape index (κ2) is 10.9. The first-order valence-corrected chi connectivity index (χ1v) is 10.9. The van der Waals surface area contributed by atoms with Crippen molar-refractivity contribution < 1.29 is 29.7 Å². The van der Waals surface area contributed by atoms with Gasteiger partial charge in [-0.15, -0.1) is 0 Å². The molecule has 0 bridgehead atoms. The zero-order chi connectivity index (χ0) is 24.8. The van der Waals surface area contributed by atoms with E-state index in [-0.39, 0.29) is 17.9 Å². The second-order valence-corrected chi connectivity index (χ2v) is 7.78. The molecular formula is C26H25N3O6. The average Bonchev–Trinajstić information content (AvgIpc) is 2.91. The maximum atomic E-state index is 12.4. The van der Waals surface area contributed by atoms with Crippen molar-refractivity contribution in [3.8, 4) is 33.9 Å². The van der Waals surface area contributed by atoms with Crippen LogP contribution in [0.25, 0.3) is 33.3 Å². The predicted molar refractivity (Wildman–Crippen MR) is 129 cm³/mol. The molecule has 0 saturated heterocycles. The molecule has 0 saturated carbocycles. The van der Waals surface area contributed by atoms with Gasteiger partial charge in [-0.3, -0.25) is 15.0 Å². The van der Waals surface area contributed by atoms with Crippen LogP contribution in [0.1, 0.15) is 16.8 Å². The van der Waals surface area contributed by atoms with Gasteiger partial charge < -0.3 is 19.7 Å². The predicted octanol–water partition coefficient (Wildman–Crippen LogP) is 3.21. The molecule has 0 radical (unpaired) electrons. The van der Waals surface area contributed by atoms with Gasteiger partial charge in [0.2, 0.25) is 0 Å². The van der Waals surface area contributed by atoms with E-state index in [1.54, 1.807) is 17.7 Å². The summed E-state index contributed by atoms with van der Waals surface area (Å²) in [5.74, 6) is 0.190. The van der Waals surface area contributed by atoms with Crippen molar-refractivity contribution >= 4 is 16.8 Å². The summed E-state index contributed by atoms with van der Waals surface area (Å²) in [6, 6.07) is 16.9. The van der Waals surface area contributed by atoms with Crippen LogP contribution in [0.3, 0.4) is 0 Å².